The van der Waals surface area contributed by atoms with Crippen LogP contribution in [0.15, 0.2) is 30.3 Å². The van der Waals surface area contributed by atoms with E-state index in [1.54, 1.807) is 12.1 Å². The topological polar surface area (TPSA) is 83.8 Å². The highest BCUT2D eigenvalue weighted by Gasteiger charge is 2.34. The third-order valence-corrected chi connectivity index (χ3v) is 3.62. The minimum Gasteiger partial charge on any atom is -0.507 e. The van der Waals surface area contributed by atoms with Gasteiger partial charge in [0.1, 0.15) is 11.5 Å². The van der Waals surface area contributed by atoms with Gasteiger partial charge in [0.25, 0.3) is 0 Å². The van der Waals surface area contributed by atoms with Gasteiger partial charge in [-0.25, -0.2) is 0 Å². The van der Waals surface area contributed by atoms with Gasteiger partial charge < -0.3 is 14.9 Å². The summed E-state index contributed by atoms with van der Waals surface area (Å²) in [6, 6.07) is 7.61. The maximum Gasteiger partial charge on any atom is 0.198 e. The standard InChI is InChI=1S/C16H12O5/c1-21-11-4-2-3-9-12(11)15(19)10-6-5-8(7-17)14(18)13(10)16(9)20/h2-6,17-18H,7H2,1H3. The van der Waals surface area contributed by atoms with Crippen LogP contribution < -0.4 is 4.74 Å². The summed E-state index contributed by atoms with van der Waals surface area (Å²) in [4.78, 5) is 25.1. The zero-order valence-corrected chi connectivity index (χ0v) is 11.2. The van der Waals surface area contributed by atoms with E-state index in [-0.39, 0.29) is 39.4 Å². The molecule has 5 heteroatoms. The first-order valence-electron chi connectivity index (χ1n) is 6.32. The Labute approximate surface area is 120 Å². The molecule has 0 saturated carbocycles. The van der Waals surface area contributed by atoms with Crippen molar-refractivity contribution in [3.63, 3.8) is 0 Å². The molecule has 3 rings (SSSR count). The van der Waals surface area contributed by atoms with Crippen molar-refractivity contribution in [2.45, 2.75) is 6.61 Å². The van der Waals surface area contributed by atoms with E-state index in [2.05, 4.69) is 0 Å². The lowest BCUT2D eigenvalue weighted by molar-refractivity contribution is 0.0973. The average molecular weight is 284 g/mol. The average Bonchev–Trinajstić information content (AvgIpc) is 2.51. The van der Waals surface area contributed by atoms with E-state index >= 15 is 0 Å². The van der Waals surface area contributed by atoms with Crippen LogP contribution >= 0.6 is 0 Å². The fourth-order valence-electron chi connectivity index (χ4n) is 2.57. The number of phenols is 1. The highest BCUT2D eigenvalue weighted by atomic mass is 16.5. The molecule has 0 aliphatic heterocycles. The van der Waals surface area contributed by atoms with E-state index in [4.69, 9.17) is 4.74 Å². The highest BCUT2D eigenvalue weighted by Crippen LogP contribution is 2.37. The molecule has 1 aliphatic carbocycles. The van der Waals surface area contributed by atoms with Gasteiger partial charge >= 0.3 is 0 Å². The van der Waals surface area contributed by atoms with Crippen molar-refractivity contribution in [3.05, 3.63) is 58.1 Å². The van der Waals surface area contributed by atoms with E-state index in [1.807, 2.05) is 0 Å². The number of carbonyl (C=O) groups is 2. The van der Waals surface area contributed by atoms with Crippen LogP contribution in [-0.2, 0) is 6.61 Å². The Morgan fingerprint density at radius 1 is 1.00 bits per heavy atom. The summed E-state index contributed by atoms with van der Waals surface area (Å²) in [5.74, 6) is -0.854. The summed E-state index contributed by atoms with van der Waals surface area (Å²) in [6.45, 7) is -0.411. The second-order valence-corrected chi connectivity index (χ2v) is 4.70. The SMILES string of the molecule is COc1cccc2c1C(=O)c1ccc(CO)c(O)c1C2=O. The molecule has 0 spiro atoms. The van der Waals surface area contributed by atoms with Crippen LogP contribution in [0, 0.1) is 0 Å². The van der Waals surface area contributed by atoms with Gasteiger partial charge in [0.2, 0.25) is 0 Å². The molecule has 21 heavy (non-hydrogen) atoms. The van der Waals surface area contributed by atoms with Crippen LogP contribution in [0.1, 0.15) is 37.4 Å². The molecule has 2 aromatic rings. The van der Waals surface area contributed by atoms with Crippen molar-refractivity contribution >= 4 is 11.6 Å². The van der Waals surface area contributed by atoms with Gasteiger partial charge in [0, 0.05) is 16.7 Å². The van der Waals surface area contributed by atoms with E-state index in [1.165, 1.54) is 25.3 Å². The number of aliphatic hydroxyl groups excluding tert-OH is 1. The minimum absolute atomic E-state index is 0.0627. The lowest BCUT2D eigenvalue weighted by atomic mass is 9.82. The van der Waals surface area contributed by atoms with Crippen LogP contribution in [0.4, 0.5) is 0 Å². The van der Waals surface area contributed by atoms with Crippen molar-refractivity contribution in [1.82, 2.24) is 0 Å². The van der Waals surface area contributed by atoms with Crippen LogP contribution in [0.25, 0.3) is 0 Å². The Bertz CT molecular complexity index is 776. The summed E-state index contributed by atoms with van der Waals surface area (Å²) < 4.78 is 5.15. The molecular formula is C16H12O5. The molecule has 1 aliphatic rings. The summed E-state index contributed by atoms with van der Waals surface area (Å²) in [5, 5.41) is 19.3. The van der Waals surface area contributed by atoms with Gasteiger partial charge in [-0.15, -0.1) is 0 Å². The molecule has 0 amide bonds. The normalized spacial score (nSPS) is 12.9. The number of hydrogen-bond acceptors (Lipinski definition) is 5. The second-order valence-electron chi connectivity index (χ2n) is 4.70. The molecule has 0 bridgehead atoms. The van der Waals surface area contributed by atoms with Crippen LogP contribution in [0.2, 0.25) is 0 Å². The fraction of sp³-hybridized carbons (Fsp3) is 0.125. The summed E-state index contributed by atoms with van der Waals surface area (Å²) in [7, 11) is 1.43. The number of aromatic hydroxyl groups is 1. The number of methoxy groups -OCH3 is 1. The van der Waals surface area contributed by atoms with Crippen molar-refractivity contribution in [2.24, 2.45) is 0 Å². The summed E-state index contributed by atoms with van der Waals surface area (Å²) in [6.07, 6.45) is 0. The molecule has 0 fully saturated rings. The van der Waals surface area contributed by atoms with Crippen LogP contribution in [-0.4, -0.2) is 28.9 Å². The Morgan fingerprint density at radius 3 is 2.33 bits per heavy atom. The van der Waals surface area contributed by atoms with Gasteiger partial charge in [-0.2, -0.15) is 0 Å². The zero-order valence-electron chi connectivity index (χ0n) is 11.2. The first-order chi connectivity index (χ1) is 10.1. The Morgan fingerprint density at radius 2 is 1.67 bits per heavy atom. The number of hydrogen-bond donors (Lipinski definition) is 2. The monoisotopic (exact) mass is 284 g/mol. The zero-order chi connectivity index (χ0) is 15.1. The smallest absolute Gasteiger partial charge is 0.198 e. The number of aliphatic hydroxyl groups is 1. The van der Waals surface area contributed by atoms with Crippen molar-refractivity contribution in [1.29, 1.82) is 0 Å². The first kappa shape index (κ1) is 13.3. The first-order valence-corrected chi connectivity index (χ1v) is 6.32. The lowest BCUT2D eigenvalue weighted by Crippen LogP contribution is -2.22. The highest BCUT2D eigenvalue weighted by molar-refractivity contribution is 6.30. The second kappa shape index (κ2) is 4.71. The van der Waals surface area contributed by atoms with Crippen molar-refractivity contribution < 1.29 is 24.5 Å². The molecule has 0 radical (unpaired) electrons. The molecular weight excluding hydrogens is 272 g/mol. The molecule has 106 valence electrons. The van der Waals surface area contributed by atoms with Gasteiger partial charge in [0.15, 0.2) is 11.6 Å². The minimum atomic E-state index is -0.452. The molecule has 0 saturated heterocycles. The van der Waals surface area contributed by atoms with Gasteiger partial charge in [-0.3, -0.25) is 9.59 Å². The Hall–Kier alpha value is -2.66. The quantitative estimate of drug-likeness (QED) is 0.748. The predicted octanol–water partition coefficient (Wildman–Crippen LogP) is 1.67. The van der Waals surface area contributed by atoms with Gasteiger partial charge in [0.05, 0.1) is 24.8 Å². The van der Waals surface area contributed by atoms with Crippen LogP contribution in [0.5, 0.6) is 11.5 Å². The molecule has 2 N–H and O–H groups in total. The molecule has 2 aromatic carbocycles. The van der Waals surface area contributed by atoms with Gasteiger partial charge in [-0.05, 0) is 12.1 Å². The number of rotatable bonds is 2. The maximum atomic E-state index is 12.6. The maximum absolute atomic E-state index is 12.6. The third-order valence-electron chi connectivity index (χ3n) is 3.62. The van der Waals surface area contributed by atoms with E-state index in [9.17, 15) is 19.8 Å². The predicted molar refractivity (Wildman–Crippen MR) is 73.9 cm³/mol. The molecule has 0 unspecified atom stereocenters. The molecule has 0 atom stereocenters. The van der Waals surface area contributed by atoms with Gasteiger partial charge in [-0.1, -0.05) is 18.2 Å². The Balaban J connectivity index is 2.33. The third kappa shape index (κ3) is 1.75. The van der Waals surface area contributed by atoms with E-state index in [0.29, 0.717) is 5.75 Å². The number of ether oxygens (including phenoxy) is 1. The summed E-state index contributed by atoms with van der Waals surface area (Å²) >= 11 is 0. The van der Waals surface area contributed by atoms with E-state index in [0.717, 1.165) is 0 Å². The molecule has 5 nitrogen and oxygen atoms in total. The van der Waals surface area contributed by atoms with Crippen molar-refractivity contribution in [3.8, 4) is 11.5 Å². The number of ketones is 2. The number of benzene rings is 2. The number of fused-ring (bicyclic) bond motifs is 2. The number of carbonyl (C=O) groups excluding carboxylic acids is 2. The molecule has 0 aromatic heterocycles. The Kier molecular flexibility index (Phi) is 2.99. The largest absolute Gasteiger partial charge is 0.507 e. The fourth-order valence-corrected chi connectivity index (χ4v) is 2.57. The van der Waals surface area contributed by atoms with Crippen LogP contribution in [0.3, 0.4) is 0 Å². The summed E-state index contributed by atoms with van der Waals surface area (Å²) in [5.41, 5.74) is 0.658. The van der Waals surface area contributed by atoms with E-state index < -0.39 is 12.4 Å². The molecule has 0 heterocycles. The lowest BCUT2D eigenvalue weighted by Gasteiger charge is -2.21. The van der Waals surface area contributed by atoms with Crippen molar-refractivity contribution in [2.75, 3.05) is 7.11 Å².